The smallest absolute Gasteiger partial charge is 0.267 e. The van der Waals surface area contributed by atoms with Crippen LogP contribution in [-0.2, 0) is 6.54 Å². The summed E-state index contributed by atoms with van der Waals surface area (Å²) in [6.07, 6.45) is 8.43. The van der Waals surface area contributed by atoms with Gasteiger partial charge in [-0.2, -0.15) is 5.10 Å². The number of aromatic nitrogens is 3. The first kappa shape index (κ1) is 14.6. The molecule has 116 valence electrons. The first-order valence-corrected chi connectivity index (χ1v) is 7.54. The minimum absolute atomic E-state index is 0.0318. The zero-order chi connectivity index (χ0) is 15.4. The predicted molar refractivity (Wildman–Crippen MR) is 85.1 cm³/mol. The van der Waals surface area contributed by atoms with E-state index in [4.69, 9.17) is 0 Å². The van der Waals surface area contributed by atoms with Gasteiger partial charge in [-0.3, -0.25) is 9.69 Å². The zero-order valence-electron chi connectivity index (χ0n) is 12.5. The van der Waals surface area contributed by atoms with E-state index >= 15 is 0 Å². The molecule has 0 saturated carbocycles. The Hall–Kier alpha value is -2.34. The summed E-state index contributed by atoms with van der Waals surface area (Å²) in [4.78, 5) is 17.2. The van der Waals surface area contributed by atoms with Crippen LogP contribution in [0.2, 0.25) is 0 Å². The molecule has 0 aliphatic carbocycles. The molecule has 3 heterocycles. The van der Waals surface area contributed by atoms with Crippen molar-refractivity contribution in [2.24, 2.45) is 5.92 Å². The van der Waals surface area contributed by atoms with E-state index in [9.17, 15) is 4.79 Å². The van der Waals surface area contributed by atoms with E-state index in [0.717, 1.165) is 32.6 Å². The van der Waals surface area contributed by atoms with Crippen molar-refractivity contribution in [2.45, 2.75) is 13.0 Å². The van der Waals surface area contributed by atoms with Crippen LogP contribution in [0.5, 0.6) is 0 Å². The molecule has 2 aromatic rings. The second kappa shape index (κ2) is 6.62. The second-order valence-corrected chi connectivity index (χ2v) is 5.69. The number of carbonyl (C=O) groups is 1. The van der Waals surface area contributed by atoms with Crippen LogP contribution in [0, 0.1) is 5.92 Å². The highest BCUT2D eigenvalue weighted by molar-refractivity contribution is 5.92. The standard InChI is InChI=1S/C16H21N5O/c1-2-21-12-14(9-19-21)11-20-7-5-13(10-20)8-18-16(22)15-4-3-6-17-15/h2-4,6,9,12-13,17H,1,5,7-8,10-11H2,(H,18,22). The van der Waals surface area contributed by atoms with Crippen LogP contribution in [-0.4, -0.2) is 45.2 Å². The van der Waals surface area contributed by atoms with Gasteiger partial charge >= 0.3 is 0 Å². The quantitative estimate of drug-likeness (QED) is 0.851. The van der Waals surface area contributed by atoms with Crippen molar-refractivity contribution in [3.05, 3.63) is 48.6 Å². The third-order valence-corrected chi connectivity index (χ3v) is 4.01. The van der Waals surface area contributed by atoms with E-state index in [0.29, 0.717) is 11.6 Å². The zero-order valence-corrected chi connectivity index (χ0v) is 12.5. The van der Waals surface area contributed by atoms with Gasteiger partial charge in [0.05, 0.1) is 6.20 Å². The summed E-state index contributed by atoms with van der Waals surface area (Å²) in [5.41, 5.74) is 1.81. The van der Waals surface area contributed by atoms with Crippen LogP contribution >= 0.6 is 0 Å². The number of aromatic amines is 1. The van der Waals surface area contributed by atoms with Crippen molar-refractivity contribution in [1.29, 1.82) is 0 Å². The van der Waals surface area contributed by atoms with E-state index in [1.165, 1.54) is 5.56 Å². The van der Waals surface area contributed by atoms with Gasteiger partial charge in [-0.15, -0.1) is 0 Å². The fourth-order valence-electron chi connectivity index (χ4n) is 2.84. The number of rotatable bonds is 6. The number of amides is 1. The summed E-state index contributed by atoms with van der Waals surface area (Å²) in [5, 5.41) is 7.19. The molecule has 0 radical (unpaired) electrons. The van der Waals surface area contributed by atoms with Gasteiger partial charge in [-0.25, -0.2) is 4.68 Å². The Kier molecular flexibility index (Phi) is 4.39. The first-order chi connectivity index (χ1) is 10.7. The molecule has 1 saturated heterocycles. The Bertz CT molecular complexity index is 631. The van der Waals surface area contributed by atoms with Gasteiger partial charge < -0.3 is 10.3 Å². The lowest BCUT2D eigenvalue weighted by molar-refractivity contribution is 0.0943. The molecule has 1 aliphatic heterocycles. The molecule has 6 nitrogen and oxygen atoms in total. The molecule has 1 amide bonds. The van der Waals surface area contributed by atoms with Crippen LogP contribution in [0.1, 0.15) is 22.5 Å². The number of hydrogen-bond acceptors (Lipinski definition) is 3. The minimum Gasteiger partial charge on any atom is -0.357 e. The molecule has 1 fully saturated rings. The lowest BCUT2D eigenvalue weighted by atomic mass is 10.1. The molecule has 6 heteroatoms. The highest BCUT2D eigenvalue weighted by Gasteiger charge is 2.23. The van der Waals surface area contributed by atoms with Gasteiger partial charge in [0.2, 0.25) is 0 Å². The molecule has 0 spiro atoms. The summed E-state index contributed by atoms with van der Waals surface area (Å²) in [6, 6.07) is 3.61. The maximum Gasteiger partial charge on any atom is 0.267 e. The number of carbonyl (C=O) groups excluding carboxylic acids is 1. The molecule has 2 aromatic heterocycles. The average molecular weight is 299 g/mol. The lowest BCUT2D eigenvalue weighted by Crippen LogP contribution is -2.31. The minimum atomic E-state index is -0.0318. The van der Waals surface area contributed by atoms with Gasteiger partial charge in [0.1, 0.15) is 5.69 Å². The number of hydrogen-bond donors (Lipinski definition) is 2. The molecule has 22 heavy (non-hydrogen) atoms. The van der Waals surface area contributed by atoms with Crippen molar-refractivity contribution in [3.8, 4) is 0 Å². The maximum absolute atomic E-state index is 11.9. The number of H-pyrrole nitrogens is 1. The molecular weight excluding hydrogens is 278 g/mol. The molecule has 1 unspecified atom stereocenters. The van der Waals surface area contributed by atoms with Crippen LogP contribution in [0.3, 0.4) is 0 Å². The van der Waals surface area contributed by atoms with Crippen LogP contribution < -0.4 is 5.32 Å². The Morgan fingerprint density at radius 3 is 3.23 bits per heavy atom. The molecule has 2 N–H and O–H groups in total. The van der Waals surface area contributed by atoms with Crippen LogP contribution in [0.4, 0.5) is 0 Å². The van der Waals surface area contributed by atoms with Gasteiger partial charge in [0.25, 0.3) is 5.91 Å². The topological polar surface area (TPSA) is 65.9 Å². The summed E-state index contributed by atoms with van der Waals surface area (Å²) in [7, 11) is 0. The van der Waals surface area contributed by atoms with Gasteiger partial charge in [-0.05, 0) is 31.0 Å². The van der Waals surface area contributed by atoms with E-state index in [2.05, 4.69) is 26.9 Å². The van der Waals surface area contributed by atoms with Gasteiger partial charge in [0, 0.05) is 43.8 Å². The summed E-state index contributed by atoms with van der Waals surface area (Å²) >= 11 is 0. The van der Waals surface area contributed by atoms with Crippen molar-refractivity contribution < 1.29 is 4.79 Å². The predicted octanol–water partition coefficient (Wildman–Crippen LogP) is 1.56. The molecular formula is C16H21N5O. The monoisotopic (exact) mass is 299 g/mol. The number of nitrogens with one attached hydrogen (secondary N) is 2. The van der Waals surface area contributed by atoms with Crippen molar-refractivity contribution >= 4 is 12.1 Å². The Morgan fingerprint density at radius 2 is 2.50 bits per heavy atom. The normalized spacial score (nSPS) is 18.5. The number of likely N-dealkylation sites (tertiary alicyclic amines) is 1. The van der Waals surface area contributed by atoms with E-state index < -0.39 is 0 Å². The lowest BCUT2D eigenvalue weighted by Gasteiger charge is -2.15. The fourth-order valence-corrected chi connectivity index (χ4v) is 2.84. The molecule has 0 bridgehead atoms. The SMILES string of the molecule is C=Cn1cc(CN2CCC(CNC(=O)c3ccc[nH]3)C2)cn1. The summed E-state index contributed by atoms with van der Waals surface area (Å²) < 4.78 is 1.72. The molecule has 1 atom stereocenters. The maximum atomic E-state index is 11.9. The Balaban J connectivity index is 1.44. The van der Waals surface area contributed by atoms with Gasteiger partial charge in [-0.1, -0.05) is 6.58 Å². The van der Waals surface area contributed by atoms with E-state index in [1.807, 2.05) is 18.5 Å². The van der Waals surface area contributed by atoms with Crippen LogP contribution in [0.25, 0.3) is 6.20 Å². The van der Waals surface area contributed by atoms with E-state index in [1.54, 1.807) is 23.1 Å². The molecule has 0 aromatic carbocycles. The summed E-state index contributed by atoms with van der Waals surface area (Å²) in [6.45, 7) is 7.38. The fraction of sp³-hybridized carbons (Fsp3) is 0.375. The first-order valence-electron chi connectivity index (χ1n) is 7.54. The van der Waals surface area contributed by atoms with Crippen molar-refractivity contribution in [3.63, 3.8) is 0 Å². The highest BCUT2D eigenvalue weighted by Crippen LogP contribution is 2.18. The van der Waals surface area contributed by atoms with Gasteiger partial charge in [0.15, 0.2) is 0 Å². The number of nitrogens with zero attached hydrogens (tertiary/aromatic N) is 3. The molecule has 1 aliphatic rings. The third-order valence-electron chi connectivity index (χ3n) is 4.01. The second-order valence-electron chi connectivity index (χ2n) is 5.69. The average Bonchev–Trinajstić information content (AvgIpc) is 3.27. The Labute approximate surface area is 129 Å². The summed E-state index contributed by atoms with van der Waals surface area (Å²) in [5.74, 6) is 0.476. The molecule has 3 rings (SSSR count). The van der Waals surface area contributed by atoms with Crippen molar-refractivity contribution in [1.82, 2.24) is 25.0 Å². The van der Waals surface area contributed by atoms with Crippen LogP contribution in [0.15, 0.2) is 37.3 Å². The van der Waals surface area contributed by atoms with Crippen molar-refractivity contribution in [2.75, 3.05) is 19.6 Å². The Morgan fingerprint density at radius 1 is 1.59 bits per heavy atom. The largest absolute Gasteiger partial charge is 0.357 e. The highest BCUT2D eigenvalue weighted by atomic mass is 16.1. The third kappa shape index (κ3) is 3.46. The van der Waals surface area contributed by atoms with E-state index in [-0.39, 0.29) is 5.91 Å².